The maximum atomic E-state index is 12.6. The van der Waals surface area contributed by atoms with Crippen molar-refractivity contribution in [2.45, 2.75) is 17.5 Å². The molecular formula is C20H20BrF3N6O5S2. The Hall–Kier alpha value is -2.89. The van der Waals surface area contributed by atoms with E-state index in [1.807, 2.05) is 12.1 Å². The van der Waals surface area contributed by atoms with Gasteiger partial charge in [-0.2, -0.15) is 21.9 Å². The number of fused-ring (bicyclic) bond motifs is 1. The minimum Gasteiger partial charge on any atom is -0.475 e. The molecule has 11 nitrogen and oxygen atoms in total. The van der Waals surface area contributed by atoms with Crippen LogP contribution >= 0.6 is 27.7 Å². The van der Waals surface area contributed by atoms with Crippen LogP contribution in [0.15, 0.2) is 45.9 Å². The number of carbonyl (C=O) groups is 2. The predicted molar refractivity (Wildman–Crippen MR) is 132 cm³/mol. The van der Waals surface area contributed by atoms with Crippen molar-refractivity contribution in [2.24, 2.45) is 0 Å². The van der Waals surface area contributed by atoms with E-state index in [4.69, 9.17) is 9.90 Å². The van der Waals surface area contributed by atoms with E-state index in [0.29, 0.717) is 37.2 Å². The quantitative estimate of drug-likeness (QED) is 0.422. The molecular weight excluding hydrogens is 605 g/mol. The fourth-order valence-electron chi connectivity index (χ4n) is 3.27. The van der Waals surface area contributed by atoms with Crippen LogP contribution in [0.2, 0.25) is 0 Å². The van der Waals surface area contributed by atoms with Crippen molar-refractivity contribution in [3.8, 4) is 0 Å². The summed E-state index contributed by atoms with van der Waals surface area (Å²) in [6.07, 6.45) is -3.23. The highest BCUT2D eigenvalue weighted by molar-refractivity contribution is 9.10. The Morgan fingerprint density at radius 1 is 1.11 bits per heavy atom. The lowest BCUT2D eigenvalue weighted by molar-refractivity contribution is -0.192. The minimum atomic E-state index is -5.08. The summed E-state index contributed by atoms with van der Waals surface area (Å²) < 4.78 is 68.5. The van der Waals surface area contributed by atoms with Gasteiger partial charge in [0.05, 0.1) is 11.7 Å². The summed E-state index contributed by atoms with van der Waals surface area (Å²) in [5.41, 5.74) is 0.885. The number of alkyl halides is 3. The van der Waals surface area contributed by atoms with Crippen LogP contribution in [-0.2, 0) is 19.6 Å². The van der Waals surface area contributed by atoms with E-state index in [2.05, 4.69) is 39.3 Å². The van der Waals surface area contributed by atoms with E-state index < -0.39 is 22.2 Å². The number of rotatable bonds is 6. The van der Waals surface area contributed by atoms with E-state index in [1.54, 1.807) is 23.2 Å². The van der Waals surface area contributed by atoms with Gasteiger partial charge in [-0.25, -0.2) is 22.9 Å². The lowest BCUT2D eigenvalue weighted by Crippen LogP contribution is -2.49. The number of aromatic nitrogens is 3. The SMILES string of the molecule is O=C(CCNS(=O)(=O)c1cccc2nsnc12)N1CCN(c2ccc(Br)cn2)CC1.O=C(O)C(F)(F)F. The van der Waals surface area contributed by atoms with E-state index in [0.717, 1.165) is 22.0 Å². The zero-order valence-corrected chi connectivity index (χ0v) is 22.1. The number of carboxylic acid groups (broad SMARTS) is 1. The summed E-state index contributed by atoms with van der Waals surface area (Å²) in [6.45, 7) is 2.56. The van der Waals surface area contributed by atoms with E-state index in [1.165, 1.54) is 6.07 Å². The molecule has 37 heavy (non-hydrogen) atoms. The molecule has 1 fully saturated rings. The predicted octanol–water partition coefficient (Wildman–Crippen LogP) is 2.50. The number of hydrogen-bond acceptors (Lipinski definition) is 9. The van der Waals surface area contributed by atoms with Crippen LogP contribution < -0.4 is 9.62 Å². The first-order chi connectivity index (χ1) is 17.4. The zero-order valence-electron chi connectivity index (χ0n) is 18.9. The van der Waals surface area contributed by atoms with Gasteiger partial charge in [0, 0.05) is 49.8 Å². The summed E-state index contributed by atoms with van der Waals surface area (Å²) in [4.78, 5) is 29.8. The van der Waals surface area contributed by atoms with Crippen LogP contribution in [0.3, 0.4) is 0 Å². The molecule has 1 aromatic carbocycles. The number of aliphatic carboxylic acids is 1. The van der Waals surface area contributed by atoms with Gasteiger partial charge in [-0.1, -0.05) is 6.07 Å². The molecule has 0 aliphatic carbocycles. The van der Waals surface area contributed by atoms with Gasteiger partial charge in [-0.05, 0) is 40.2 Å². The Morgan fingerprint density at radius 3 is 2.38 bits per heavy atom. The maximum absolute atomic E-state index is 12.6. The highest BCUT2D eigenvalue weighted by Crippen LogP contribution is 2.21. The average Bonchev–Trinajstić information content (AvgIpc) is 3.33. The zero-order chi connectivity index (χ0) is 27.2. The molecule has 3 aromatic rings. The van der Waals surface area contributed by atoms with Crippen LogP contribution in [-0.4, -0.2) is 82.9 Å². The Bertz CT molecular complexity index is 1350. The highest BCUT2D eigenvalue weighted by atomic mass is 79.9. The second-order valence-corrected chi connectivity index (χ2v) is 10.7. The van der Waals surface area contributed by atoms with Crippen molar-refractivity contribution in [2.75, 3.05) is 37.6 Å². The third-order valence-electron chi connectivity index (χ3n) is 5.08. The molecule has 2 aromatic heterocycles. The third kappa shape index (κ3) is 7.80. The number of nitrogens with zero attached hydrogens (tertiary/aromatic N) is 5. The second-order valence-electron chi connectivity index (χ2n) is 7.54. The van der Waals surface area contributed by atoms with E-state index >= 15 is 0 Å². The van der Waals surface area contributed by atoms with Gasteiger partial charge in [0.15, 0.2) is 0 Å². The fourth-order valence-corrected chi connectivity index (χ4v) is 5.30. The summed E-state index contributed by atoms with van der Waals surface area (Å²) in [6, 6.07) is 8.71. The van der Waals surface area contributed by atoms with Gasteiger partial charge >= 0.3 is 12.1 Å². The number of benzene rings is 1. The van der Waals surface area contributed by atoms with Crippen LogP contribution in [0, 0.1) is 0 Å². The Labute approximate surface area is 221 Å². The number of hydrogen-bond donors (Lipinski definition) is 2. The molecule has 200 valence electrons. The largest absolute Gasteiger partial charge is 0.490 e. The Balaban J connectivity index is 0.000000479. The molecule has 0 radical (unpaired) electrons. The molecule has 2 N–H and O–H groups in total. The summed E-state index contributed by atoms with van der Waals surface area (Å²) >= 11 is 4.34. The lowest BCUT2D eigenvalue weighted by atomic mass is 10.2. The van der Waals surface area contributed by atoms with Gasteiger partial charge in [0.1, 0.15) is 21.7 Å². The molecule has 3 heterocycles. The van der Waals surface area contributed by atoms with E-state index in [-0.39, 0.29) is 23.8 Å². The van der Waals surface area contributed by atoms with Gasteiger partial charge in [-0.3, -0.25) is 4.79 Å². The Morgan fingerprint density at radius 2 is 1.78 bits per heavy atom. The normalized spacial score (nSPS) is 14.3. The van der Waals surface area contributed by atoms with Gasteiger partial charge in [0.25, 0.3) is 0 Å². The van der Waals surface area contributed by atoms with E-state index in [9.17, 15) is 26.4 Å². The number of amides is 1. The molecule has 1 amide bonds. The monoisotopic (exact) mass is 624 g/mol. The first kappa shape index (κ1) is 28.7. The number of carboxylic acids is 1. The molecule has 1 aliphatic heterocycles. The summed E-state index contributed by atoms with van der Waals surface area (Å²) in [7, 11) is -3.77. The number of piperazine rings is 1. The number of halogens is 4. The molecule has 17 heteroatoms. The van der Waals surface area contributed by atoms with Gasteiger partial charge in [-0.15, -0.1) is 0 Å². The summed E-state index contributed by atoms with van der Waals surface area (Å²) in [5, 5.41) is 7.12. The molecule has 0 saturated carbocycles. The standard InChI is InChI=1S/C18H19BrN6O3S2.C2HF3O2/c19-13-4-5-16(20-12-13)24-8-10-25(11-9-24)17(26)6-7-21-30(27,28)15-3-1-2-14-18(15)23-29-22-14;3-2(4,5)1(6)7/h1-5,12,21H,6-11H2;(H,6,7). The second kappa shape index (κ2) is 12.1. The van der Waals surface area contributed by atoms with Crippen molar-refractivity contribution in [3.63, 3.8) is 0 Å². The molecule has 0 unspecified atom stereocenters. The molecule has 0 atom stereocenters. The average molecular weight is 625 g/mol. The third-order valence-corrected chi connectivity index (χ3v) is 7.58. The van der Waals surface area contributed by atoms with Crippen LogP contribution in [0.1, 0.15) is 6.42 Å². The maximum Gasteiger partial charge on any atom is 0.490 e. The topological polar surface area (TPSA) is 146 Å². The number of nitrogens with one attached hydrogen (secondary N) is 1. The van der Waals surface area contributed by atoms with Crippen LogP contribution in [0.4, 0.5) is 19.0 Å². The van der Waals surface area contributed by atoms with Crippen molar-refractivity contribution in [1.29, 1.82) is 0 Å². The van der Waals surface area contributed by atoms with Crippen molar-refractivity contribution < 1.29 is 36.3 Å². The molecule has 4 rings (SSSR count). The number of anilines is 1. The van der Waals surface area contributed by atoms with Crippen molar-refractivity contribution >= 4 is 66.4 Å². The fraction of sp³-hybridized carbons (Fsp3) is 0.350. The molecule has 0 bridgehead atoms. The first-order valence-corrected chi connectivity index (χ1v) is 13.5. The van der Waals surface area contributed by atoms with Crippen molar-refractivity contribution in [1.82, 2.24) is 23.4 Å². The molecule has 0 spiro atoms. The summed E-state index contributed by atoms with van der Waals surface area (Å²) in [5.74, 6) is -1.95. The van der Waals surface area contributed by atoms with Crippen LogP contribution in [0.5, 0.6) is 0 Å². The van der Waals surface area contributed by atoms with Gasteiger partial charge in [0.2, 0.25) is 15.9 Å². The number of sulfonamides is 1. The number of carbonyl (C=O) groups excluding carboxylic acids is 1. The highest BCUT2D eigenvalue weighted by Gasteiger charge is 2.38. The lowest BCUT2D eigenvalue weighted by Gasteiger charge is -2.35. The van der Waals surface area contributed by atoms with Crippen LogP contribution in [0.25, 0.3) is 11.0 Å². The van der Waals surface area contributed by atoms with Crippen molar-refractivity contribution in [3.05, 3.63) is 41.0 Å². The first-order valence-electron chi connectivity index (χ1n) is 10.5. The smallest absolute Gasteiger partial charge is 0.475 e. The number of pyridine rings is 1. The minimum absolute atomic E-state index is 0.0314. The molecule has 1 aliphatic rings. The Kier molecular flexibility index (Phi) is 9.38. The van der Waals surface area contributed by atoms with Gasteiger partial charge < -0.3 is 14.9 Å². The molecule has 1 saturated heterocycles.